The summed E-state index contributed by atoms with van der Waals surface area (Å²) in [6, 6.07) is 4.31. The van der Waals surface area contributed by atoms with Crippen LogP contribution in [0.15, 0.2) is 18.2 Å². The SMILES string of the molecule is COCC(CCCN)Nc1ccc(F)c(C(=O)OC)c1. The second-order valence-electron chi connectivity index (χ2n) is 4.41. The van der Waals surface area contributed by atoms with Gasteiger partial charge in [0.05, 0.1) is 19.3 Å². The van der Waals surface area contributed by atoms with Gasteiger partial charge in [0.15, 0.2) is 0 Å². The Bertz CT molecular complexity index is 440. The van der Waals surface area contributed by atoms with E-state index in [1.807, 2.05) is 0 Å². The van der Waals surface area contributed by atoms with Crippen molar-refractivity contribution in [3.63, 3.8) is 0 Å². The molecule has 20 heavy (non-hydrogen) atoms. The average molecular weight is 284 g/mol. The number of carbonyl (C=O) groups excluding carboxylic acids is 1. The van der Waals surface area contributed by atoms with Crippen LogP contribution in [0, 0.1) is 5.82 Å². The maximum Gasteiger partial charge on any atom is 0.340 e. The second kappa shape index (κ2) is 8.50. The molecule has 0 fully saturated rings. The minimum atomic E-state index is -0.698. The van der Waals surface area contributed by atoms with Crippen LogP contribution in [-0.2, 0) is 9.47 Å². The summed E-state index contributed by atoms with van der Waals surface area (Å²) >= 11 is 0. The summed E-state index contributed by atoms with van der Waals surface area (Å²) in [6.45, 7) is 1.10. The van der Waals surface area contributed by atoms with Crippen molar-refractivity contribution in [3.05, 3.63) is 29.6 Å². The van der Waals surface area contributed by atoms with Gasteiger partial charge in [-0.3, -0.25) is 0 Å². The first kappa shape index (κ1) is 16.4. The maximum atomic E-state index is 13.5. The number of methoxy groups -OCH3 is 2. The Labute approximate surface area is 118 Å². The number of benzene rings is 1. The van der Waals surface area contributed by atoms with E-state index < -0.39 is 11.8 Å². The van der Waals surface area contributed by atoms with E-state index >= 15 is 0 Å². The highest BCUT2D eigenvalue weighted by molar-refractivity contribution is 5.90. The standard InChI is InChI=1S/C14H21FN2O3/c1-19-9-11(4-3-7-16)17-10-5-6-13(15)12(8-10)14(18)20-2/h5-6,8,11,17H,3-4,7,9,16H2,1-2H3. The molecule has 1 rings (SSSR count). The Morgan fingerprint density at radius 2 is 2.20 bits per heavy atom. The molecule has 0 saturated heterocycles. The molecule has 3 N–H and O–H groups in total. The predicted octanol–water partition coefficient (Wildman–Crippen LogP) is 1.78. The molecule has 1 aromatic carbocycles. The Kier molecular flexibility index (Phi) is 6.97. The molecule has 0 aliphatic heterocycles. The van der Waals surface area contributed by atoms with Gasteiger partial charge < -0.3 is 20.5 Å². The lowest BCUT2D eigenvalue weighted by atomic mass is 10.1. The minimum absolute atomic E-state index is 0.0551. The number of ether oxygens (including phenoxy) is 2. The fourth-order valence-corrected chi connectivity index (χ4v) is 1.88. The number of carbonyl (C=O) groups is 1. The van der Waals surface area contributed by atoms with E-state index in [9.17, 15) is 9.18 Å². The molecule has 0 spiro atoms. The third kappa shape index (κ3) is 4.79. The van der Waals surface area contributed by atoms with E-state index in [0.717, 1.165) is 12.8 Å². The van der Waals surface area contributed by atoms with Gasteiger partial charge in [-0.25, -0.2) is 9.18 Å². The molecular weight excluding hydrogens is 263 g/mol. The van der Waals surface area contributed by atoms with Crippen molar-refractivity contribution in [2.75, 3.05) is 32.7 Å². The first-order valence-corrected chi connectivity index (χ1v) is 6.45. The number of rotatable bonds is 8. The third-order valence-electron chi connectivity index (χ3n) is 2.87. The molecule has 6 heteroatoms. The Morgan fingerprint density at radius 3 is 2.80 bits per heavy atom. The van der Waals surface area contributed by atoms with Gasteiger partial charge in [0.25, 0.3) is 0 Å². The molecule has 0 amide bonds. The normalized spacial score (nSPS) is 12.0. The number of nitrogens with one attached hydrogen (secondary N) is 1. The summed E-state index contributed by atoms with van der Waals surface area (Å²) in [7, 11) is 2.83. The zero-order chi connectivity index (χ0) is 15.0. The molecule has 112 valence electrons. The predicted molar refractivity (Wildman–Crippen MR) is 75.3 cm³/mol. The summed E-state index contributed by atoms with van der Waals surface area (Å²) in [5, 5.41) is 3.21. The topological polar surface area (TPSA) is 73.6 Å². The molecule has 0 radical (unpaired) electrons. The fraction of sp³-hybridized carbons (Fsp3) is 0.500. The molecule has 0 aliphatic rings. The summed E-state index contributed by atoms with van der Waals surface area (Å²) in [5.41, 5.74) is 6.04. The van der Waals surface area contributed by atoms with Crippen molar-refractivity contribution in [2.45, 2.75) is 18.9 Å². The number of esters is 1. The Hall–Kier alpha value is -1.66. The molecular formula is C14H21FN2O3. The number of nitrogens with two attached hydrogens (primary N) is 1. The molecule has 1 aromatic rings. The van der Waals surface area contributed by atoms with Crippen LogP contribution in [0.5, 0.6) is 0 Å². The van der Waals surface area contributed by atoms with Crippen LogP contribution in [-0.4, -0.2) is 39.4 Å². The molecule has 1 unspecified atom stereocenters. The molecule has 0 aliphatic carbocycles. The Morgan fingerprint density at radius 1 is 1.45 bits per heavy atom. The van der Waals surface area contributed by atoms with Gasteiger partial charge in [-0.2, -0.15) is 0 Å². The van der Waals surface area contributed by atoms with E-state index in [2.05, 4.69) is 10.1 Å². The Balaban J connectivity index is 2.81. The van der Waals surface area contributed by atoms with Gasteiger partial charge in [-0.15, -0.1) is 0 Å². The van der Waals surface area contributed by atoms with Crippen LogP contribution in [0.25, 0.3) is 0 Å². The number of hydrogen-bond acceptors (Lipinski definition) is 5. The molecule has 5 nitrogen and oxygen atoms in total. The largest absolute Gasteiger partial charge is 0.465 e. The summed E-state index contributed by atoms with van der Waals surface area (Å²) in [5.74, 6) is -1.30. The van der Waals surface area contributed by atoms with Crippen molar-refractivity contribution in [1.82, 2.24) is 0 Å². The third-order valence-corrected chi connectivity index (χ3v) is 2.87. The monoisotopic (exact) mass is 284 g/mol. The highest BCUT2D eigenvalue weighted by Crippen LogP contribution is 2.17. The van der Waals surface area contributed by atoms with Crippen molar-refractivity contribution in [2.24, 2.45) is 5.73 Å². The quantitative estimate of drug-likeness (QED) is 0.712. The fourth-order valence-electron chi connectivity index (χ4n) is 1.88. The lowest BCUT2D eigenvalue weighted by Crippen LogP contribution is -2.26. The highest BCUT2D eigenvalue weighted by Gasteiger charge is 2.14. The zero-order valence-electron chi connectivity index (χ0n) is 11.8. The molecule has 0 saturated carbocycles. The lowest BCUT2D eigenvalue weighted by molar-refractivity contribution is 0.0595. The number of halogens is 1. The summed E-state index contributed by atoms with van der Waals surface area (Å²) in [4.78, 5) is 11.4. The van der Waals surface area contributed by atoms with Crippen LogP contribution in [0.2, 0.25) is 0 Å². The van der Waals surface area contributed by atoms with Gasteiger partial charge in [0, 0.05) is 18.8 Å². The average Bonchev–Trinajstić information content (AvgIpc) is 2.46. The van der Waals surface area contributed by atoms with E-state index in [1.165, 1.54) is 19.2 Å². The van der Waals surface area contributed by atoms with Crippen LogP contribution in [0.4, 0.5) is 10.1 Å². The molecule has 0 aromatic heterocycles. The van der Waals surface area contributed by atoms with Crippen LogP contribution in [0.3, 0.4) is 0 Å². The zero-order valence-corrected chi connectivity index (χ0v) is 11.8. The minimum Gasteiger partial charge on any atom is -0.465 e. The van der Waals surface area contributed by atoms with Crippen molar-refractivity contribution >= 4 is 11.7 Å². The summed E-state index contributed by atoms with van der Waals surface area (Å²) < 4.78 is 23.2. The second-order valence-corrected chi connectivity index (χ2v) is 4.41. The van der Waals surface area contributed by atoms with E-state index in [0.29, 0.717) is 18.8 Å². The van der Waals surface area contributed by atoms with Crippen LogP contribution >= 0.6 is 0 Å². The van der Waals surface area contributed by atoms with Crippen molar-refractivity contribution in [3.8, 4) is 0 Å². The van der Waals surface area contributed by atoms with Crippen LogP contribution in [0.1, 0.15) is 23.2 Å². The first-order valence-electron chi connectivity index (χ1n) is 6.45. The lowest BCUT2D eigenvalue weighted by Gasteiger charge is -2.19. The van der Waals surface area contributed by atoms with Crippen molar-refractivity contribution in [1.29, 1.82) is 0 Å². The van der Waals surface area contributed by atoms with E-state index in [4.69, 9.17) is 10.5 Å². The van der Waals surface area contributed by atoms with Gasteiger partial charge in [0.1, 0.15) is 5.82 Å². The van der Waals surface area contributed by atoms with Crippen LogP contribution < -0.4 is 11.1 Å². The molecule has 0 heterocycles. The highest BCUT2D eigenvalue weighted by atomic mass is 19.1. The molecule has 0 bridgehead atoms. The van der Waals surface area contributed by atoms with Gasteiger partial charge >= 0.3 is 5.97 Å². The number of anilines is 1. The smallest absolute Gasteiger partial charge is 0.340 e. The van der Waals surface area contributed by atoms with Crippen molar-refractivity contribution < 1.29 is 18.7 Å². The van der Waals surface area contributed by atoms with Gasteiger partial charge in [-0.05, 0) is 37.6 Å². The molecule has 1 atom stereocenters. The number of hydrogen-bond donors (Lipinski definition) is 2. The van der Waals surface area contributed by atoms with Gasteiger partial charge in [0.2, 0.25) is 0 Å². The first-order chi connectivity index (χ1) is 9.62. The van der Waals surface area contributed by atoms with E-state index in [1.54, 1.807) is 13.2 Å². The maximum absolute atomic E-state index is 13.5. The summed E-state index contributed by atoms with van der Waals surface area (Å²) in [6.07, 6.45) is 1.68. The van der Waals surface area contributed by atoms with E-state index in [-0.39, 0.29) is 11.6 Å². The van der Waals surface area contributed by atoms with Gasteiger partial charge in [-0.1, -0.05) is 0 Å².